The van der Waals surface area contributed by atoms with Crippen LogP contribution in [-0.2, 0) is 9.59 Å². The van der Waals surface area contributed by atoms with E-state index in [0.717, 1.165) is 42.6 Å². The SMILES string of the molecule is Cc1ccc(OCC(=O)CC2CCC(NC(=O)COc3ccc(Cl)c(C)c3)CC2)cc1C. The van der Waals surface area contributed by atoms with Gasteiger partial charge in [-0.3, -0.25) is 9.59 Å². The first kappa shape index (κ1) is 24.1. The summed E-state index contributed by atoms with van der Waals surface area (Å²) < 4.78 is 11.2. The number of halogens is 1. The van der Waals surface area contributed by atoms with Gasteiger partial charge in [0, 0.05) is 17.5 Å². The Labute approximate surface area is 195 Å². The summed E-state index contributed by atoms with van der Waals surface area (Å²) in [6.45, 7) is 6.08. The lowest BCUT2D eigenvalue weighted by Crippen LogP contribution is -2.40. The van der Waals surface area contributed by atoms with Crippen LogP contribution >= 0.6 is 11.6 Å². The molecular weight excluding hydrogens is 426 g/mol. The minimum absolute atomic E-state index is 0.0185. The molecule has 5 nitrogen and oxygen atoms in total. The Morgan fingerprint density at radius 2 is 1.50 bits per heavy atom. The van der Waals surface area contributed by atoms with Crippen LogP contribution in [0.25, 0.3) is 0 Å². The van der Waals surface area contributed by atoms with Crippen LogP contribution in [0.3, 0.4) is 0 Å². The minimum Gasteiger partial charge on any atom is -0.486 e. The Balaban J connectivity index is 1.33. The van der Waals surface area contributed by atoms with Crippen molar-refractivity contribution < 1.29 is 19.1 Å². The number of Topliss-reactive ketones (excluding diaryl/α,β-unsaturated/α-hetero) is 1. The molecule has 0 aliphatic heterocycles. The predicted octanol–water partition coefficient (Wildman–Crippen LogP) is 5.36. The zero-order chi connectivity index (χ0) is 23.1. The molecule has 0 unspecified atom stereocenters. The van der Waals surface area contributed by atoms with Crippen molar-refractivity contribution in [2.45, 2.75) is 58.9 Å². The normalized spacial score (nSPS) is 18.1. The molecule has 2 aromatic carbocycles. The van der Waals surface area contributed by atoms with Crippen molar-refractivity contribution in [3.8, 4) is 11.5 Å². The Hall–Kier alpha value is -2.53. The second-order valence-electron chi connectivity index (χ2n) is 8.76. The second kappa shape index (κ2) is 11.4. The number of aryl methyl sites for hydroxylation is 3. The van der Waals surface area contributed by atoms with Gasteiger partial charge in [0.05, 0.1) is 0 Å². The first-order valence-corrected chi connectivity index (χ1v) is 11.6. The third-order valence-electron chi connectivity index (χ3n) is 6.11. The summed E-state index contributed by atoms with van der Waals surface area (Å²) >= 11 is 6.01. The summed E-state index contributed by atoms with van der Waals surface area (Å²) in [5, 5.41) is 3.72. The Kier molecular flexibility index (Phi) is 8.57. The molecule has 0 atom stereocenters. The molecule has 2 aromatic rings. The number of hydrogen-bond acceptors (Lipinski definition) is 4. The molecule has 1 N–H and O–H groups in total. The van der Waals surface area contributed by atoms with Gasteiger partial charge < -0.3 is 14.8 Å². The fourth-order valence-electron chi connectivity index (χ4n) is 3.98. The summed E-state index contributed by atoms with van der Waals surface area (Å²) in [7, 11) is 0. The Morgan fingerprint density at radius 1 is 0.875 bits per heavy atom. The van der Waals surface area contributed by atoms with Crippen molar-refractivity contribution in [2.24, 2.45) is 5.92 Å². The molecule has 3 rings (SSSR count). The fraction of sp³-hybridized carbons (Fsp3) is 0.462. The molecule has 0 bridgehead atoms. The Bertz CT molecular complexity index is 873. The summed E-state index contributed by atoms with van der Waals surface area (Å²) in [5.74, 6) is 1.73. The number of rotatable bonds is 9. The van der Waals surface area contributed by atoms with Crippen molar-refractivity contribution >= 4 is 23.3 Å². The largest absolute Gasteiger partial charge is 0.486 e. The van der Waals surface area contributed by atoms with Gasteiger partial charge >= 0.3 is 0 Å². The molecule has 0 saturated heterocycles. The molecule has 6 heteroatoms. The smallest absolute Gasteiger partial charge is 0.258 e. The molecule has 32 heavy (non-hydrogen) atoms. The maximum absolute atomic E-state index is 12.3. The third-order valence-corrected chi connectivity index (χ3v) is 6.53. The molecule has 0 aromatic heterocycles. The van der Waals surface area contributed by atoms with Crippen molar-refractivity contribution in [2.75, 3.05) is 13.2 Å². The minimum atomic E-state index is -0.126. The van der Waals surface area contributed by atoms with E-state index < -0.39 is 0 Å². The van der Waals surface area contributed by atoms with Crippen molar-refractivity contribution in [1.82, 2.24) is 5.32 Å². The van der Waals surface area contributed by atoms with Crippen LogP contribution in [0.1, 0.15) is 48.8 Å². The molecule has 0 spiro atoms. The Morgan fingerprint density at radius 3 is 2.16 bits per heavy atom. The van der Waals surface area contributed by atoms with E-state index in [9.17, 15) is 9.59 Å². The van der Waals surface area contributed by atoms with E-state index in [1.165, 1.54) is 5.56 Å². The lowest BCUT2D eigenvalue weighted by molar-refractivity contribution is -0.125. The van der Waals surface area contributed by atoms with E-state index in [2.05, 4.69) is 12.2 Å². The summed E-state index contributed by atoms with van der Waals surface area (Å²) in [6.07, 6.45) is 4.14. The van der Waals surface area contributed by atoms with Crippen LogP contribution in [-0.4, -0.2) is 30.9 Å². The predicted molar refractivity (Wildman–Crippen MR) is 127 cm³/mol. The van der Waals surface area contributed by atoms with E-state index in [1.54, 1.807) is 12.1 Å². The van der Waals surface area contributed by atoms with Gasteiger partial charge in [-0.2, -0.15) is 0 Å². The first-order valence-electron chi connectivity index (χ1n) is 11.2. The summed E-state index contributed by atoms with van der Waals surface area (Å²) in [5.41, 5.74) is 3.28. The fourth-order valence-corrected chi connectivity index (χ4v) is 4.10. The van der Waals surface area contributed by atoms with Gasteiger partial charge in [0.25, 0.3) is 5.91 Å². The quantitative estimate of drug-likeness (QED) is 0.550. The van der Waals surface area contributed by atoms with Crippen LogP contribution < -0.4 is 14.8 Å². The highest BCUT2D eigenvalue weighted by Gasteiger charge is 2.24. The maximum Gasteiger partial charge on any atom is 0.258 e. The van der Waals surface area contributed by atoms with E-state index in [0.29, 0.717) is 23.1 Å². The summed E-state index contributed by atoms with van der Waals surface area (Å²) in [4.78, 5) is 24.6. The molecular formula is C26H32ClNO4. The van der Waals surface area contributed by atoms with E-state index >= 15 is 0 Å². The molecule has 1 aliphatic carbocycles. The van der Waals surface area contributed by atoms with Crippen LogP contribution in [0.15, 0.2) is 36.4 Å². The number of nitrogens with one attached hydrogen (secondary N) is 1. The molecule has 172 valence electrons. The zero-order valence-corrected chi connectivity index (χ0v) is 19.8. The number of benzene rings is 2. The van der Waals surface area contributed by atoms with Gasteiger partial charge in [-0.1, -0.05) is 17.7 Å². The summed E-state index contributed by atoms with van der Waals surface area (Å²) in [6, 6.07) is 11.4. The lowest BCUT2D eigenvalue weighted by atomic mass is 9.83. The zero-order valence-electron chi connectivity index (χ0n) is 19.1. The van der Waals surface area contributed by atoms with Crippen LogP contribution in [0, 0.1) is 26.7 Å². The van der Waals surface area contributed by atoms with Crippen LogP contribution in [0.4, 0.5) is 0 Å². The van der Waals surface area contributed by atoms with Gasteiger partial charge in [0.2, 0.25) is 0 Å². The molecule has 1 aliphatic rings. The molecule has 0 radical (unpaired) electrons. The monoisotopic (exact) mass is 457 g/mol. The average molecular weight is 458 g/mol. The number of ether oxygens (including phenoxy) is 2. The van der Waals surface area contributed by atoms with E-state index in [4.69, 9.17) is 21.1 Å². The number of ketones is 1. The van der Waals surface area contributed by atoms with Gasteiger partial charge in [0.15, 0.2) is 12.4 Å². The van der Waals surface area contributed by atoms with Crippen LogP contribution in [0.5, 0.6) is 11.5 Å². The van der Waals surface area contributed by atoms with Gasteiger partial charge in [-0.15, -0.1) is 0 Å². The van der Waals surface area contributed by atoms with E-state index in [-0.39, 0.29) is 30.9 Å². The topological polar surface area (TPSA) is 64.6 Å². The highest BCUT2D eigenvalue weighted by Crippen LogP contribution is 2.27. The standard InChI is InChI=1S/C26H32ClNO4/c1-17-4-9-23(12-18(17)2)31-15-22(29)14-20-5-7-21(8-6-20)28-26(30)16-32-24-10-11-25(27)19(3)13-24/h4,9-13,20-21H,5-8,14-16H2,1-3H3,(H,28,30). The number of amides is 1. The number of carbonyl (C=O) groups is 2. The van der Waals surface area contributed by atoms with Gasteiger partial charge in [-0.25, -0.2) is 0 Å². The van der Waals surface area contributed by atoms with Crippen LogP contribution in [0.2, 0.25) is 5.02 Å². The number of carbonyl (C=O) groups excluding carboxylic acids is 2. The lowest BCUT2D eigenvalue weighted by Gasteiger charge is -2.28. The van der Waals surface area contributed by atoms with Gasteiger partial charge in [0.1, 0.15) is 18.1 Å². The maximum atomic E-state index is 12.3. The molecule has 1 fully saturated rings. The van der Waals surface area contributed by atoms with Crippen molar-refractivity contribution in [3.05, 3.63) is 58.1 Å². The number of hydrogen-bond donors (Lipinski definition) is 1. The molecule has 1 amide bonds. The third kappa shape index (κ3) is 7.27. The van der Waals surface area contributed by atoms with E-state index in [1.807, 2.05) is 38.1 Å². The first-order chi connectivity index (χ1) is 15.3. The van der Waals surface area contributed by atoms with Crippen molar-refractivity contribution in [1.29, 1.82) is 0 Å². The highest BCUT2D eigenvalue weighted by molar-refractivity contribution is 6.31. The second-order valence-corrected chi connectivity index (χ2v) is 9.17. The van der Waals surface area contributed by atoms with Gasteiger partial charge in [-0.05, 0) is 99.4 Å². The highest BCUT2D eigenvalue weighted by atomic mass is 35.5. The molecule has 1 saturated carbocycles. The molecule has 0 heterocycles. The van der Waals surface area contributed by atoms with Crippen molar-refractivity contribution in [3.63, 3.8) is 0 Å². The average Bonchev–Trinajstić information content (AvgIpc) is 2.77.